The lowest BCUT2D eigenvalue weighted by Crippen LogP contribution is -2.53. The smallest absolute Gasteiger partial charge is 0.253 e. The highest BCUT2D eigenvalue weighted by molar-refractivity contribution is 6.06. The van der Waals surface area contributed by atoms with Crippen LogP contribution in [0.2, 0.25) is 0 Å². The lowest BCUT2D eigenvalue weighted by molar-refractivity contribution is 0.0757. The molecule has 0 spiro atoms. The Morgan fingerprint density at radius 3 is 2.67 bits per heavy atom. The van der Waals surface area contributed by atoms with Gasteiger partial charge >= 0.3 is 0 Å². The summed E-state index contributed by atoms with van der Waals surface area (Å²) in [7, 11) is 0. The molecule has 2 unspecified atom stereocenters. The van der Waals surface area contributed by atoms with Crippen LogP contribution in [0.4, 0.5) is 0 Å². The van der Waals surface area contributed by atoms with E-state index >= 15 is 0 Å². The number of nitrogens with one attached hydrogen (secondary N) is 2. The number of carbonyl (C=O) groups excluding carboxylic acids is 1. The van der Waals surface area contributed by atoms with E-state index in [1.165, 1.54) is 19.3 Å². The molecule has 2 fully saturated rings. The number of aromatic nitrogens is 2. The minimum atomic E-state index is 0. The van der Waals surface area contributed by atoms with Crippen molar-refractivity contribution in [2.45, 2.75) is 44.2 Å². The lowest BCUT2D eigenvalue weighted by atomic mass is 9.67. The van der Waals surface area contributed by atoms with Gasteiger partial charge in [0.05, 0.1) is 5.56 Å². The average Bonchev–Trinajstić information content (AvgIpc) is 2.92. The second kappa shape index (κ2) is 7.72. The molecule has 2 aliphatic rings. The standard InChI is InChI=1S/C17H22N4O.2ClH/c18-12-7-10-3-1-4-11(8-12)15(10)21-17(22)14-9-20-16-13(14)5-2-6-19-16;;/h2,5-6,9-12,15H,1,3-4,7-8,18H2,(H,19,20)(H,21,22);2*1H. The fourth-order valence-corrected chi connectivity index (χ4v) is 4.40. The van der Waals surface area contributed by atoms with E-state index in [1.807, 2.05) is 12.1 Å². The van der Waals surface area contributed by atoms with Gasteiger partial charge in [-0.1, -0.05) is 6.42 Å². The normalized spacial score (nSPS) is 28.5. The number of halogens is 2. The highest BCUT2D eigenvalue weighted by Crippen LogP contribution is 2.39. The summed E-state index contributed by atoms with van der Waals surface area (Å²) < 4.78 is 0. The van der Waals surface area contributed by atoms with Gasteiger partial charge in [-0.05, 0) is 49.7 Å². The number of pyridine rings is 1. The third-order valence-electron chi connectivity index (χ3n) is 5.37. The number of rotatable bonds is 2. The summed E-state index contributed by atoms with van der Waals surface area (Å²) in [4.78, 5) is 20.0. The number of nitrogens with two attached hydrogens (primary N) is 1. The number of nitrogens with zero attached hydrogens (tertiary/aromatic N) is 1. The highest BCUT2D eigenvalue weighted by Gasteiger charge is 2.40. The molecule has 0 aromatic carbocycles. The maximum Gasteiger partial charge on any atom is 0.253 e. The van der Waals surface area contributed by atoms with Gasteiger partial charge in [-0.3, -0.25) is 4.79 Å². The Balaban J connectivity index is 0.00000104. The fraction of sp³-hybridized carbons (Fsp3) is 0.529. The number of hydrogen-bond donors (Lipinski definition) is 3. The van der Waals surface area contributed by atoms with E-state index in [2.05, 4.69) is 15.3 Å². The third-order valence-corrected chi connectivity index (χ3v) is 5.37. The Hall–Kier alpha value is -1.30. The second-order valence-electron chi connectivity index (χ2n) is 6.78. The molecule has 2 atom stereocenters. The van der Waals surface area contributed by atoms with Crippen LogP contribution in [-0.4, -0.2) is 28.0 Å². The minimum Gasteiger partial charge on any atom is -0.349 e. The number of fused-ring (bicyclic) bond motifs is 3. The number of amides is 1. The van der Waals surface area contributed by atoms with Crippen LogP contribution in [0.1, 0.15) is 42.5 Å². The molecule has 5 nitrogen and oxygen atoms in total. The van der Waals surface area contributed by atoms with E-state index in [0.717, 1.165) is 23.9 Å². The monoisotopic (exact) mass is 370 g/mol. The van der Waals surface area contributed by atoms with Gasteiger partial charge in [0.2, 0.25) is 0 Å². The van der Waals surface area contributed by atoms with Gasteiger partial charge in [-0.15, -0.1) is 24.8 Å². The summed E-state index contributed by atoms with van der Waals surface area (Å²) in [5, 5.41) is 4.18. The molecule has 0 saturated heterocycles. The van der Waals surface area contributed by atoms with Crippen molar-refractivity contribution in [3.8, 4) is 0 Å². The Kier molecular flexibility index (Phi) is 6.12. The van der Waals surface area contributed by atoms with Crippen LogP contribution in [0.15, 0.2) is 24.5 Å². The van der Waals surface area contributed by atoms with Crippen LogP contribution >= 0.6 is 24.8 Å². The highest BCUT2D eigenvalue weighted by atomic mass is 35.5. The second-order valence-corrected chi connectivity index (χ2v) is 6.78. The zero-order valence-electron chi connectivity index (χ0n) is 13.4. The first-order chi connectivity index (χ1) is 10.7. The van der Waals surface area contributed by atoms with Crippen molar-refractivity contribution >= 4 is 41.8 Å². The average molecular weight is 371 g/mol. The van der Waals surface area contributed by atoms with Crippen molar-refractivity contribution in [2.75, 3.05) is 0 Å². The molecule has 2 aromatic heterocycles. The number of H-pyrrole nitrogens is 1. The Morgan fingerprint density at radius 1 is 1.25 bits per heavy atom. The molecule has 4 rings (SSSR count). The Morgan fingerprint density at radius 2 is 1.96 bits per heavy atom. The van der Waals surface area contributed by atoms with Crippen molar-refractivity contribution in [3.63, 3.8) is 0 Å². The third kappa shape index (κ3) is 3.39. The predicted octanol–water partition coefficient (Wildman–Crippen LogP) is 3.04. The molecule has 2 aliphatic carbocycles. The first-order valence-electron chi connectivity index (χ1n) is 8.21. The molecule has 1 amide bonds. The first-order valence-corrected chi connectivity index (χ1v) is 8.21. The van der Waals surface area contributed by atoms with E-state index in [0.29, 0.717) is 23.4 Å². The molecule has 132 valence electrons. The van der Waals surface area contributed by atoms with Crippen LogP contribution in [-0.2, 0) is 0 Å². The van der Waals surface area contributed by atoms with Gasteiger partial charge in [0.25, 0.3) is 5.91 Å². The zero-order chi connectivity index (χ0) is 15.1. The van der Waals surface area contributed by atoms with Crippen LogP contribution < -0.4 is 11.1 Å². The molecule has 0 aliphatic heterocycles. The summed E-state index contributed by atoms with van der Waals surface area (Å²) in [5.41, 5.74) is 7.61. The summed E-state index contributed by atoms with van der Waals surface area (Å²) in [6, 6.07) is 4.38. The van der Waals surface area contributed by atoms with E-state index in [1.54, 1.807) is 12.4 Å². The molecule has 2 saturated carbocycles. The van der Waals surface area contributed by atoms with Crippen molar-refractivity contribution < 1.29 is 4.79 Å². The van der Waals surface area contributed by atoms with E-state index in [4.69, 9.17) is 5.73 Å². The Labute approximate surface area is 154 Å². The predicted molar refractivity (Wildman–Crippen MR) is 99.9 cm³/mol. The van der Waals surface area contributed by atoms with Gasteiger partial charge in [-0.2, -0.15) is 0 Å². The molecule has 0 radical (unpaired) electrons. The van der Waals surface area contributed by atoms with Crippen LogP contribution in [0.25, 0.3) is 11.0 Å². The maximum atomic E-state index is 12.7. The molecule has 4 N–H and O–H groups in total. The van der Waals surface area contributed by atoms with Crippen LogP contribution in [0.3, 0.4) is 0 Å². The largest absolute Gasteiger partial charge is 0.349 e. The topological polar surface area (TPSA) is 83.8 Å². The van der Waals surface area contributed by atoms with Gasteiger partial charge < -0.3 is 16.0 Å². The van der Waals surface area contributed by atoms with Crippen molar-refractivity contribution in [2.24, 2.45) is 17.6 Å². The zero-order valence-corrected chi connectivity index (χ0v) is 15.0. The molecule has 2 heterocycles. The number of aromatic amines is 1. The van der Waals surface area contributed by atoms with Gasteiger partial charge in [0, 0.05) is 29.9 Å². The van der Waals surface area contributed by atoms with E-state index in [-0.39, 0.29) is 36.8 Å². The molecule has 7 heteroatoms. The molecular formula is C17H24Cl2N4O. The number of carbonyl (C=O) groups is 1. The Bertz CT molecular complexity index is 691. The van der Waals surface area contributed by atoms with Crippen molar-refractivity contribution in [1.29, 1.82) is 0 Å². The summed E-state index contributed by atoms with van der Waals surface area (Å²) >= 11 is 0. The quantitative estimate of drug-likeness (QED) is 0.759. The SMILES string of the molecule is Cl.Cl.NC1CC2CCCC(C1)C2NC(=O)c1c[nH]c2ncccc12. The summed E-state index contributed by atoms with van der Waals surface area (Å²) in [6.45, 7) is 0. The van der Waals surface area contributed by atoms with Crippen LogP contribution in [0.5, 0.6) is 0 Å². The van der Waals surface area contributed by atoms with E-state index < -0.39 is 0 Å². The van der Waals surface area contributed by atoms with Gasteiger partial charge in [0.1, 0.15) is 5.65 Å². The molecule has 2 aromatic rings. The van der Waals surface area contributed by atoms with Gasteiger partial charge in [0.15, 0.2) is 0 Å². The summed E-state index contributed by atoms with van der Waals surface area (Å²) in [5.74, 6) is 1.08. The first kappa shape index (κ1) is 19.0. The summed E-state index contributed by atoms with van der Waals surface area (Å²) in [6.07, 6.45) is 9.21. The minimum absolute atomic E-state index is 0. The number of hydrogen-bond acceptors (Lipinski definition) is 3. The van der Waals surface area contributed by atoms with Crippen molar-refractivity contribution in [1.82, 2.24) is 15.3 Å². The lowest BCUT2D eigenvalue weighted by Gasteiger charge is -2.45. The van der Waals surface area contributed by atoms with E-state index in [9.17, 15) is 4.79 Å². The van der Waals surface area contributed by atoms with Crippen LogP contribution in [0, 0.1) is 11.8 Å². The maximum absolute atomic E-state index is 12.7. The fourth-order valence-electron chi connectivity index (χ4n) is 4.40. The molecule has 24 heavy (non-hydrogen) atoms. The molecular weight excluding hydrogens is 347 g/mol. The van der Waals surface area contributed by atoms with Gasteiger partial charge in [-0.25, -0.2) is 4.98 Å². The molecule has 2 bridgehead atoms. The van der Waals surface area contributed by atoms with Crippen molar-refractivity contribution in [3.05, 3.63) is 30.1 Å².